The minimum absolute atomic E-state index is 0.202. The number of rotatable bonds is 8. The molecule has 0 atom stereocenters. The topological polar surface area (TPSA) is 99.1 Å². The Morgan fingerprint density at radius 2 is 2.00 bits per heavy atom. The van der Waals surface area contributed by atoms with Crippen molar-refractivity contribution in [2.75, 3.05) is 0 Å². The van der Waals surface area contributed by atoms with Crippen molar-refractivity contribution in [2.24, 2.45) is 5.84 Å². The van der Waals surface area contributed by atoms with Crippen LogP contribution in [0.15, 0.2) is 21.9 Å². The summed E-state index contributed by atoms with van der Waals surface area (Å²) in [6, 6.07) is 1.42. The number of hydrogen-bond acceptors (Lipinski definition) is 4. The molecule has 112 valence electrons. The van der Waals surface area contributed by atoms with E-state index >= 15 is 0 Å². The van der Waals surface area contributed by atoms with Crippen LogP contribution in [0, 0.1) is 0 Å². The minimum Gasteiger partial charge on any atom is -0.300 e. The first kappa shape index (κ1) is 16.2. The zero-order valence-electron chi connectivity index (χ0n) is 11.8. The number of nitrogens with two attached hydrogens (primary N) is 1. The first-order chi connectivity index (χ1) is 9.60. The number of nitrogens with one attached hydrogen (secondary N) is 1. The number of unbranched alkanes of at least 4 members (excludes halogenated alkanes) is 2. The number of hydrogen-bond donors (Lipinski definition) is 2. The van der Waals surface area contributed by atoms with Gasteiger partial charge in [-0.3, -0.25) is 19.6 Å². The molecule has 0 saturated carbocycles. The monoisotopic (exact) mass is 282 g/mol. The van der Waals surface area contributed by atoms with Crippen LogP contribution in [0.25, 0.3) is 0 Å². The molecule has 0 aliphatic carbocycles. The molecular weight excluding hydrogens is 260 g/mol. The molecule has 3 N–H and O–H groups in total. The SMILES string of the molecule is CCCn1ccc(=O)n(CCCCCC(=O)NN)c1=O. The van der Waals surface area contributed by atoms with E-state index in [0.717, 1.165) is 12.8 Å². The molecular formula is C13H22N4O3. The van der Waals surface area contributed by atoms with Crippen LogP contribution in [0.1, 0.15) is 39.0 Å². The summed E-state index contributed by atoms with van der Waals surface area (Å²) in [5.41, 5.74) is 1.53. The van der Waals surface area contributed by atoms with Gasteiger partial charge in [-0.2, -0.15) is 0 Å². The maximum atomic E-state index is 12.0. The van der Waals surface area contributed by atoms with Crippen molar-refractivity contribution in [1.29, 1.82) is 0 Å². The summed E-state index contributed by atoms with van der Waals surface area (Å²) in [5, 5.41) is 0. The highest BCUT2D eigenvalue weighted by molar-refractivity contribution is 5.74. The molecule has 0 aliphatic rings. The fourth-order valence-corrected chi connectivity index (χ4v) is 1.98. The van der Waals surface area contributed by atoms with Crippen molar-refractivity contribution in [3.63, 3.8) is 0 Å². The van der Waals surface area contributed by atoms with Crippen molar-refractivity contribution in [3.8, 4) is 0 Å². The van der Waals surface area contributed by atoms with Gasteiger partial charge in [-0.1, -0.05) is 13.3 Å². The smallest absolute Gasteiger partial charge is 0.300 e. The zero-order chi connectivity index (χ0) is 15.0. The number of nitrogens with zero attached hydrogens (tertiary/aromatic N) is 2. The molecule has 0 unspecified atom stereocenters. The Kier molecular flexibility index (Phi) is 6.72. The molecule has 1 amide bonds. The summed E-state index contributed by atoms with van der Waals surface area (Å²) in [4.78, 5) is 34.7. The Labute approximate surface area is 117 Å². The normalized spacial score (nSPS) is 10.5. The van der Waals surface area contributed by atoms with Gasteiger partial charge in [0.15, 0.2) is 0 Å². The van der Waals surface area contributed by atoms with E-state index in [2.05, 4.69) is 5.43 Å². The van der Waals surface area contributed by atoms with Crippen molar-refractivity contribution in [1.82, 2.24) is 14.6 Å². The van der Waals surface area contributed by atoms with Crippen LogP contribution in [0.5, 0.6) is 0 Å². The lowest BCUT2D eigenvalue weighted by atomic mass is 10.2. The molecule has 0 radical (unpaired) electrons. The minimum atomic E-state index is -0.276. The summed E-state index contributed by atoms with van der Waals surface area (Å²) < 4.78 is 2.79. The first-order valence-corrected chi connectivity index (χ1v) is 6.90. The Morgan fingerprint density at radius 1 is 1.25 bits per heavy atom. The molecule has 0 bridgehead atoms. The number of carbonyl (C=O) groups is 1. The lowest BCUT2D eigenvalue weighted by Gasteiger charge is -2.08. The standard InChI is InChI=1S/C13H22N4O3/c1-2-8-16-10-7-12(19)17(13(16)20)9-5-3-4-6-11(18)15-14/h7,10H,2-6,8-9,14H2,1H3,(H,15,18). The molecule has 1 aromatic rings. The van der Waals surface area contributed by atoms with Crippen molar-refractivity contribution in [3.05, 3.63) is 33.1 Å². The molecule has 0 saturated heterocycles. The largest absolute Gasteiger partial charge is 0.330 e. The third-order valence-corrected chi connectivity index (χ3v) is 3.05. The van der Waals surface area contributed by atoms with E-state index in [1.807, 2.05) is 6.92 Å². The third-order valence-electron chi connectivity index (χ3n) is 3.05. The Balaban J connectivity index is 2.55. The molecule has 0 aliphatic heterocycles. The van der Waals surface area contributed by atoms with Crippen molar-refractivity contribution < 1.29 is 4.79 Å². The van der Waals surface area contributed by atoms with Crippen molar-refractivity contribution in [2.45, 2.75) is 52.1 Å². The second kappa shape index (κ2) is 8.31. The van der Waals surface area contributed by atoms with Gasteiger partial charge in [-0.25, -0.2) is 10.6 Å². The van der Waals surface area contributed by atoms with Crippen LogP contribution in [0.4, 0.5) is 0 Å². The van der Waals surface area contributed by atoms with Gasteiger partial charge in [-0.15, -0.1) is 0 Å². The van der Waals surface area contributed by atoms with Crippen LogP contribution in [-0.2, 0) is 17.9 Å². The summed E-state index contributed by atoms with van der Waals surface area (Å²) in [6.07, 6.45) is 4.88. The average Bonchev–Trinajstić information content (AvgIpc) is 2.44. The van der Waals surface area contributed by atoms with Crippen LogP contribution < -0.4 is 22.5 Å². The Bertz CT molecular complexity index is 547. The lowest BCUT2D eigenvalue weighted by molar-refractivity contribution is -0.121. The van der Waals surface area contributed by atoms with Crippen molar-refractivity contribution >= 4 is 5.91 Å². The van der Waals surface area contributed by atoms with Crippen LogP contribution in [0.2, 0.25) is 0 Å². The second-order valence-electron chi connectivity index (χ2n) is 4.66. The number of hydrazine groups is 1. The van der Waals surface area contributed by atoms with E-state index in [1.165, 1.54) is 16.8 Å². The van der Waals surface area contributed by atoms with Gasteiger partial charge in [0.2, 0.25) is 5.91 Å². The Morgan fingerprint density at radius 3 is 2.65 bits per heavy atom. The summed E-state index contributed by atoms with van der Waals surface area (Å²) in [6.45, 7) is 2.96. The zero-order valence-corrected chi connectivity index (χ0v) is 11.8. The third kappa shape index (κ3) is 4.65. The molecule has 0 spiro atoms. The van der Waals surface area contributed by atoms with Crippen LogP contribution >= 0.6 is 0 Å². The lowest BCUT2D eigenvalue weighted by Crippen LogP contribution is -2.39. The highest BCUT2D eigenvalue weighted by Crippen LogP contribution is 2.00. The van der Waals surface area contributed by atoms with Gasteiger partial charge in [0, 0.05) is 31.8 Å². The molecule has 7 nitrogen and oxygen atoms in total. The number of aryl methyl sites for hydroxylation is 1. The number of amides is 1. The van der Waals surface area contributed by atoms with Crippen LogP contribution in [-0.4, -0.2) is 15.0 Å². The molecule has 1 heterocycles. The fraction of sp³-hybridized carbons (Fsp3) is 0.615. The molecule has 7 heteroatoms. The number of aromatic nitrogens is 2. The summed E-state index contributed by atoms with van der Waals surface area (Å²) in [7, 11) is 0. The predicted molar refractivity (Wildman–Crippen MR) is 76.1 cm³/mol. The van der Waals surface area contributed by atoms with E-state index in [0.29, 0.717) is 32.4 Å². The maximum Gasteiger partial charge on any atom is 0.330 e. The molecule has 0 aromatic carbocycles. The number of carbonyl (C=O) groups excluding carboxylic acids is 1. The van der Waals surface area contributed by atoms with Gasteiger partial charge in [0.05, 0.1) is 0 Å². The maximum absolute atomic E-state index is 12.0. The summed E-state index contributed by atoms with van der Waals surface area (Å²) in [5.74, 6) is 4.77. The molecule has 1 rings (SSSR count). The highest BCUT2D eigenvalue weighted by atomic mass is 16.2. The van der Waals surface area contributed by atoms with E-state index in [9.17, 15) is 14.4 Å². The second-order valence-corrected chi connectivity index (χ2v) is 4.66. The quantitative estimate of drug-likeness (QED) is 0.303. The predicted octanol–water partition coefficient (Wildman–Crippen LogP) is -0.0297. The van der Waals surface area contributed by atoms with Gasteiger partial charge in [-0.05, 0) is 19.3 Å². The van der Waals surface area contributed by atoms with E-state index in [1.54, 1.807) is 4.57 Å². The van der Waals surface area contributed by atoms with E-state index in [4.69, 9.17) is 5.84 Å². The van der Waals surface area contributed by atoms with Gasteiger partial charge in [0.25, 0.3) is 5.56 Å². The molecule has 1 aromatic heterocycles. The van der Waals surface area contributed by atoms with Gasteiger partial charge < -0.3 is 4.57 Å². The Hall–Kier alpha value is -1.89. The first-order valence-electron chi connectivity index (χ1n) is 6.90. The molecule has 20 heavy (non-hydrogen) atoms. The fourth-order valence-electron chi connectivity index (χ4n) is 1.98. The van der Waals surface area contributed by atoms with Gasteiger partial charge >= 0.3 is 5.69 Å². The highest BCUT2D eigenvalue weighted by Gasteiger charge is 2.04. The van der Waals surface area contributed by atoms with E-state index in [-0.39, 0.29) is 17.2 Å². The summed E-state index contributed by atoms with van der Waals surface area (Å²) >= 11 is 0. The van der Waals surface area contributed by atoms with Crippen LogP contribution in [0.3, 0.4) is 0 Å². The van der Waals surface area contributed by atoms with Gasteiger partial charge in [0.1, 0.15) is 0 Å². The molecule has 0 fully saturated rings. The van der Waals surface area contributed by atoms with E-state index < -0.39 is 0 Å². The average molecular weight is 282 g/mol.